The maximum Gasteiger partial charge on any atom is 0.265 e. The predicted molar refractivity (Wildman–Crippen MR) is 122 cm³/mol. The summed E-state index contributed by atoms with van der Waals surface area (Å²) in [6.07, 6.45) is 0.0503. The van der Waals surface area contributed by atoms with Crippen LogP contribution in [0.5, 0.6) is 0 Å². The number of hydrogen-bond donors (Lipinski definition) is 3. The van der Waals surface area contributed by atoms with Gasteiger partial charge in [0.2, 0.25) is 5.91 Å². The quantitative estimate of drug-likeness (QED) is 0.468. The Kier molecular flexibility index (Phi) is 7.01. The first-order chi connectivity index (χ1) is 14.4. The molecular formula is C20H23N5O3S2. The number of aromatic nitrogens is 1. The Balaban J connectivity index is 1.74. The fraction of sp³-hybridized carbons (Fsp3) is 0.300. The van der Waals surface area contributed by atoms with Gasteiger partial charge in [-0.1, -0.05) is 23.5 Å². The Labute approximate surface area is 182 Å². The zero-order valence-electron chi connectivity index (χ0n) is 16.7. The van der Waals surface area contributed by atoms with Crippen molar-refractivity contribution in [3.05, 3.63) is 40.8 Å². The maximum atomic E-state index is 12.8. The maximum absolute atomic E-state index is 12.8. The summed E-state index contributed by atoms with van der Waals surface area (Å²) in [5.41, 5.74) is 5.80. The number of carbonyl (C=O) groups excluding carboxylic acids is 3. The average molecular weight is 446 g/mol. The van der Waals surface area contributed by atoms with Crippen molar-refractivity contribution < 1.29 is 14.4 Å². The molecule has 0 unspecified atom stereocenters. The minimum atomic E-state index is -0.493. The van der Waals surface area contributed by atoms with Crippen LogP contribution in [0, 0.1) is 0 Å². The van der Waals surface area contributed by atoms with Gasteiger partial charge in [0.25, 0.3) is 11.8 Å². The summed E-state index contributed by atoms with van der Waals surface area (Å²) >= 11 is 2.89. The molecule has 2 heterocycles. The molecule has 0 radical (unpaired) electrons. The van der Waals surface area contributed by atoms with Crippen LogP contribution >= 0.6 is 22.7 Å². The number of primary amides is 1. The highest BCUT2D eigenvalue weighted by molar-refractivity contribution is 7.29. The summed E-state index contributed by atoms with van der Waals surface area (Å²) in [7, 11) is 0. The summed E-state index contributed by atoms with van der Waals surface area (Å²) in [5.74, 6) is -1.18. The zero-order chi connectivity index (χ0) is 21.7. The van der Waals surface area contributed by atoms with Gasteiger partial charge in [-0.2, -0.15) is 0 Å². The normalized spacial score (nSPS) is 10.7. The van der Waals surface area contributed by atoms with Crippen LogP contribution in [0.2, 0.25) is 0 Å². The number of nitrogens with zero attached hydrogens (tertiary/aromatic N) is 2. The van der Waals surface area contributed by atoms with Gasteiger partial charge >= 0.3 is 0 Å². The highest BCUT2D eigenvalue weighted by Gasteiger charge is 2.18. The van der Waals surface area contributed by atoms with Gasteiger partial charge in [0.15, 0.2) is 5.13 Å². The molecule has 0 aliphatic heterocycles. The van der Waals surface area contributed by atoms with Gasteiger partial charge in [-0.15, -0.1) is 11.3 Å². The number of benzene rings is 1. The second-order valence-corrected chi connectivity index (χ2v) is 8.46. The number of para-hydroxylation sites is 1. The molecule has 0 fully saturated rings. The number of hydrogen-bond acceptors (Lipinski definition) is 7. The summed E-state index contributed by atoms with van der Waals surface area (Å²) in [6, 6.07) is 8.54. The number of nitrogens with two attached hydrogens (primary N) is 1. The van der Waals surface area contributed by atoms with E-state index in [4.69, 9.17) is 5.73 Å². The standard InChI is InChI=1S/C20H23N5O3S2/c1-3-25(4-2)20-24-19-15(30-20)11-14(29-19)18(28)23-13-8-6-5-7-12(13)17(27)22-10-9-16(21)26/h5-8,11H,3-4,9-10H2,1-2H3,(H2,21,26)(H,22,27)(H,23,28). The van der Waals surface area contributed by atoms with Crippen LogP contribution in [-0.4, -0.2) is 42.3 Å². The zero-order valence-corrected chi connectivity index (χ0v) is 18.4. The molecule has 4 N–H and O–H groups in total. The highest BCUT2D eigenvalue weighted by Crippen LogP contribution is 2.35. The topological polar surface area (TPSA) is 117 Å². The van der Waals surface area contributed by atoms with Crippen molar-refractivity contribution in [3.63, 3.8) is 0 Å². The van der Waals surface area contributed by atoms with Crippen LogP contribution in [0.1, 0.15) is 40.3 Å². The highest BCUT2D eigenvalue weighted by atomic mass is 32.1. The molecule has 158 valence electrons. The monoisotopic (exact) mass is 445 g/mol. The molecule has 30 heavy (non-hydrogen) atoms. The summed E-state index contributed by atoms with van der Waals surface area (Å²) in [5, 5.41) is 6.38. The number of carbonyl (C=O) groups is 3. The first kappa shape index (κ1) is 21.7. The number of nitrogens with one attached hydrogen (secondary N) is 2. The molecule has 2 aromatic heterocycles. The van der Waals surface area contributed by atoms with E-state index in [1.807, 2.05) is 6.07 Å². The van der Waals surface area contributed by atoms with Crippen molar-refractivity contribution in [2.24, 2.45) is 5.73 Å². The van der Waals surface area contributed by atoms with Crippen molar-refractivity contribution in [2.45, 2.75) is 20.3 Å². The number of thiophene rings is 1. The second kappa shape index (κ2) is 9.68. The Bertz CT molecular complexity index is 1040. The number of anilines is 2. The number of fused-ring (bicyclic) bond motifs is 1. The molecule has 3 amide bonds. The molecule has 0 atom stereocenters. The van der Waals surface area contributed by atoms with Gasteiger partial charge in [0.05, 0.1) is 20.8 Å². The van der Waals surface area contributed by atoms with E-state index < -0.39 is 5.91 Å². The van der Waals surface area contributed by atoms with Crippen LogP contribution in [0.4, 0.5) is 10.8 Å². The molecule has 0 spiro atoms. The van der Waals surface area contributed by atoms with Gasteiger partial charge < -0.3 is 21.3 Å². The van der Waals surface area contributed by atoms with Gasteiger partial charge in [0, 0.05) is 26.1 Å². The lowest BCUT2D eigenvalue weighted by Crippen LogP contribution is -2.28. The SMILES string of the molecule is CCN(CC)c1nc2sc(C(=O)Nc3ccccc3C(=O)NCCC(N)=O)cc2s1. The van der Waals surface area contributed by atoms with E-state index in [9.17, 15) is 14.4 Å². The van der Waals surface area contributed by atoms with Crippen LogP contribution in [0.25, 0.3) is 9.53 Å². The van der Waals surface area contributed by atoms with Gasteiger partial charge in [-0.3, -0.25) is 14.4 Å². The molecule has 3 rings (SSSR count). The smallest absolute Gasteiger partial charge is 0.265 e. The Morgan fingerprint density at radius 2 is 1.83 bits per heavy atom. The molecule has 3 aromatic rings. The van der Waals surface area contributed by atoms with Crippen molar-refractivity contribution in [1.82, 2.24) is 10.3 Å². The predicted octanol–water partition coefficient (Wildman–Crippen LogP) is 3.06. The number of thiazole rings is 1. The first-order valence-corrected chi connectivity index (χ1v) is 11.2. The van der Waals surface area contributed by atoms with E-state index >= 15 is 0 Å². The third kappa shape index (κ3) is 4.95. The van der Waals surface area contributed by atoms with Gasteiger partial charge in [0.1, 0.15) is 4.83 Å². The molecule has 8 nitrogen and oxygen atoms in total. The average Bonchev–Trinajstić information content (AvgIpc) is 3.28. The third-order valence-corrected chi connectivity index (χ3v) is 6.63. The molecule has 0 bridgehead atoms. The largest absolute Gasteiger partial charge is 0.370 e. The van der Waals surface area contributed by atoms with Crippen molar-refractivity contribution >= 4 is 60.7 Å². The second-order valence-electron chi connectivity index (χ2n) is 6.42. The Morgan fingerprint density at radius 3 is 2.50 bits per heavy atom. The van der Waals surface area contributed by atoms with E-state index in [-0.39, 0.29) is 24.8 Å². The number of rotatable bonds is 9. The number of amides is 3. The molecule has 0 saturated heterocycles. The lowest BCUT2D eigenvalue weighted by atomic mass is 10.1. The molecule has 1 aromatic carbocycles. The minimum absolute atomic E-state index is 0.0503. The van der Waals surface area contributed by atoms with Crippen molar-refractivity contribution in [3.8, 4) is 0 Å². The van der Waals surface area contributed by atoms with Crippen LogP contribution in [-0.2, 0) is 4.79 Å². The van der Waals surface area contributed by atoms with Gasteiger partial charge in [-0.25, -0.2) is 4.98 Å². The van der Waals surface area contributed by atoms with Crippen LogP contribution in [0.15, 0.2) is 30.3 Å². The van der Waals surface area contributed by atoms with E-state index in [0.717, 1.165) is 27.8 Å². The lowest BCUT2D eigenvalue weighted by molar-refractivity contribution is -0.117. The fourth-order valence-electron chi connectivity index (χ4n) is 2.83. The molecule has 0 aliphatic rings. The molecule has 0 aliphatic carbocycles. The molecule has 0 saturated carbocycles. The van der Waals surface area contributed by atoms with Crippen molar-refractivity contribution in [2.75, 3.05) is 29.9 Å². The molecular weight excluding hydrogens is 422 g/mol. The Hall–Kier alpha value is -2.98. The van der Waals surface area contributed by atoms with E-state index in [1.54, 1.807) is 35.6 Å². The van der Waals surface area contributed by atoms with E-state index in [2.05, 4.69) is 34.4 Å². The van der Waals surface area contributed by atoms with E-state index in [1.165, 1.54) is 11.3 Å². The van der Waals surface area contributed by atoms with Gasteiger partial charge in [-0.05, 0) is 32.0 Å². The van der Waals surface area contributed by atoms with Crippen molar-refractivity contribution in [1.29, 1.82) is 0 Å². The molecule has 10 heteroatoms. The first-order valence-electron chi connectivity index (χ1n) is 9.55. The lowest BCUT2D eigenvalue weighted by Gasteiger charge is -2.16. The van der Waals surface area contributed by atoms with E-state index in [0.29, 0.717) is 16.1 Å². The Morgan fingerprint density at radius 1 is 1.10 bits per heavy atom. The summed E-state index contributed by atoms with van der Waals surface area (Å²) in [4.78, 5) is 44.2. The van der Waals surface area contributed by atoms with Crippen LogP contribution < -0.4 is 21.3 Å². The minimum Gasteiger partial charge on any atom is -0.370 e. The third-order valence-electron chi connectivity index (χ3n) is 4.41. The van der Waals surface area contributed by atoms with Crippen LogP contribution in [0.3, 0.4) is 0 Å². The summed E-state index contributed by atoms with van der Waals surface area (Å²) < 4.78 is 0.963. The summed E-state index contributed by atoms with van der Waals surface area (Å²) in [6.45, 7) is 6.06. The fourth-order valence-corrected chi connectivity index (χ4v) is 5.07.